The van der Waals surface area contributed by atoms with Crippen LogP contribution in [0, 0.1) is 23.7 Å². The summed E-state index contributed by atoms with van der Waals surface area (Å²) >= 11 is 0. The number of nitrogens with zero attached hydrogens (tertiary/aromatic N) is 3. The average molecular weight is 477 g/mol. The van der Waals surface area contributed by atoms with E-state index >= 15 is 0 Å². The first-order chi connectivity index (χ1) is 15.7. The number of carbonyl (C=O) groups is 1. The van der Waals surface area contributed by atoms with Crippen molar-refractivity contribution in [3.63, 3.8) is 0 Å². The molecule has 0 spiro atoms. The second kappa shape index (κ2) is 11.5. The molecule has 3 unspecified atom stereocenters. The average Bonchev–Trinajstić information content (AvgIpc) is 2.79. The summed E-state index contributed by atoms with van der Waals surface area (Å²) in [7, 11) is -3.22. The minimum atomic E-state index is -3.22. The highest BCUT2D eigenvalue weighted by atomic mass is 32.2. The number of hydrogen-bond acceptors (Lipinski definition) is 5. The Hall–Kier alpha value is -1.93. The molecule has 0 saturated carbocycles. The second-order valence-corrected chi connectivity index (χ2v) is 11.8. The fourth-order valence-electron chi connectivity index (χ4n) is 5.14. The van der Waals surface area contributed by atoms with E-state index in [1.807, 2.05) is 30.0 Å². The van der Waals surface area contributed by atoms with Gasteiger partial charge >= 0.3 is 0 Å². The predicted molar refractivity (Wildman–Crippen MR) is 133 cm³/mol. The molecule has 1 aromatic rings. The van der Waals surface area contributed by atoms with Gasteiger partial charge < -0.3 is 9.80 Å². The number of allylic oxidation sites excluding steroid dienone is 1. The molecule has 0 radical (unpaired) electrons. The van der Waals surface area contributed by atoms with Crippen LogP contribution in [-0.2, 0) is 14.8 Å². The van der Waals surface area contributed by atoms with E-state index in [2.05, 4.69) is 41.5 Å². The molecule has 1 saturated heterocycles. The lowest BCUT2D eigenvalue weighted by atomic mass is 9.70. The number of nitrogens with one attached hydrogen (secondary N) is 1. The highest BCUT2D eigenvalue weighted by molar-refractivity contribution is 7.89. The zero-order chi connectivity index (χ0) is 24.0. The number of sulfonamides is 1. The molecule has 184 valence electrons. The fraction of sp³-hybridized carbons (Fsp3) is 0.680. The highest BCUT2D eigenvalue weighted by Gasteiger charge is 2.34. The Labute approximate surface area is 199 Å². The third-order valence-corrected chi connectivity index (χ3v) is 8.67. The minimum Gasteiger partial charge on any atom is -0.353 e. The van der Waals surface area contributed by atoms with Crippen LogP contribution in [0.15, 0.2) is 36.0 Å². The van der Waals surface area contributed by atoms with Crippen molar-refractivity contribution >= 4 is 21.7 Å². The molecule has 0 aromatic carbocycles. The van der Waals surface area contributed by atoms with E-state index in [0.717, 1.165) is 38.4 Å². The predicted octanol–water partition coefficient (Wildman–Crippen LogP) is 3.30. The first-order valence-corrected chi connectivity index (χ1v) is 13.9. The summed E-state index contributed by atoms with van der Waals surface area (Å²) in [5.41, 5.74) is 1.21. The quantitative estimate of drug-likeness (QED) is 0.553. The standard InChI is InChI=1S/C25H40N4O3S/c1-5-14-33(31,32)27-18-22-15-20(4)21(16-23(22)19(2)3)17-25(30)29-12-10-28(11-13-29)24-8-6-7-9-26-24/h6-9,15,19,21-23,27H,5,10-14,16-18H2,1-4H3. The lowest BCUT2D eigenvalue weighted by Gasteiger charge is -2.39. The molecule has 1 aliphatic carbocycles. The van der Waals surface area contributed by atoms with E-state index in [1.54, 1.807) is 6.20 Å². The third kappa shape index (κ3) is 7.03. The molecule has 0 bridgehead atoms. The number of amides is 1. The monoisotopic (exact) mass is 476 g/mol. The number of anilines is 1. The maximum atomic E-state index is 13.1. The zero-order valence-electron chi connectivity index (χ0n) is 20.5. The lowest BCUT2D eigenvalue weighted by molar-refractivity contribution is -0.132. The summed E-state index contributed by atoms with van der Waals surface area (Å²) in [5.74, 6) is 2.53. The van der Waals surface area contributed by atoms with Crippen LogP contribution in [0.4, 0.5) is 5.82 Å². The molecule has 8 heteroatoms. The number of piperazine rings is 1. The van der Waals surface area contributed by atoms with Crippen molar-refractivity contribution in [1.82, 2.24) is 14.6 Å². The van der Waals surface area contributed by atoms with Crippen molar-refractivity contribution in [3.05, 3.63) is 36.0 Å². The lowest BCUT2D eigenvalue weighted by Crippen LogP contribution is -2.49. The first-order valence-electron chi connectivity index (χ1n) is 12.3. The smallest absolute Gasteiger partial charge is 0.223 e. The molecule has 7 nitrogen and oxygen atoms in total. The Morgan fingerprint density at radius 2 is 1.94 bits per heavy atom. The van der Waals surface area contributed by atoms with Crippen molar-refractivity contribution in [2.75, 3.05) is 43.4 Å². The number of aromatic nitrogens is 1. The molecule has 2 heterocycles. The van der Waals surface area contributed by atoms with E-state index in [4.69, 9.17) is 0 Å². The molecule has 1 N–H and O–H groups in total. The van der Waals surface area contributed by atoms with Gasteiger partial charge in [-0.1, -0.05) is 38.5 Å². The molecular weight excluding hydrogens is 436 g/mol. The Morgan fingerprint density at radius 3 is 2.55 bits per heavy atom. The number of hydrogen-bond donors (Lipinski definition) is 1. The summed E-state index contributed by atoms with van der Waals surface area (Å²) in [5, 5.41) is 0. The summed E-state index contributed by atoms with van der Waals surface area (Å²) < 4.78 is 27.1. The van der Waals surface area contributed by atoms with E-state index in [1.165, 1.54) is 5.57 Å². The van der Waals surface area contributed by atoms with E-state index in [9.17, 15) is 13.2 Å². The molecule has 3 rings (SSSR count). The van der Waals surface area contributed by atoms with Gasteiger partial charge in [-0.25, -0.2) is 18.1 Å². The molecule has 1 amide bonds. The summed E-state index contributed by atoms with van der Waals surface area (Å²) in [6, 6.07) is 5.92. The van der Waals surface area contributed by atoms with Gasteiger partial charge in [-0.15, -0.1) is 0 Å². The van der Waals surface area contributed by atoms with Crippen LogP contribution >= 0.6 is 0 Å². The Bertz CT molecular complexity index is 909. The van der Waals surface area contributed by atoms with Crippen molar-refractivity contribution in [3.8, 4) is 0 Å². The van der Waals surface area contributed by atoms with Gasteiger partial charge in [0.1, 0.15) is 5.82 Å². The van der Waals surface area contributed by atoms with Gasteiger partial charge in [0.2, 0.25) is 15.9 Å². The summed E-state index contributed by atoms with van der Waals surface area (Å²) in [4.78, 5) is 21.8. The van der Waals surface area contributed by atoms with Crippen LogP contribution in [0.3, 0.4) is 0 Å². The zero-order valence-corrected chi connectivity index (χ0v) is 21.4. The molecule has 3 atom stereocenters. The number of carbonyl (C=O) groups excluding carboxylic acids is 1. The van der Waals surface area contributed by atoms with Gasteiger partial charge in [-0.2, -0.15) is 0 Å². The van der Waals surface area contributed by atoms with Gasteiger partial charge in [0.05, 0.1) is 5.75 Å². The molecule has 33 heavy (non-hydrogen) atoms. The SMILES string of the molecule is CCCS(=O)(=O)NCC1C=C(C)C(CC(=O)N2CCN(c3ccccn3)CC2)CC1C(C)C. The van der Waals surface area contributed by atoms with E-state index < -0.39 is 10.0 Å². The largest absolute Gasteiger partial charge is 0.353 e. The fourth-order valence-corrected chi connectivity index (χ4v) is 6.27. The van der Waals surface area contributed by atoms with Gasteiger partial charge in [0.25, 0.3) is 0 Å². The summed E-state index contributed by atoms with van der Waals surface area (Å²) in [6.45, 7) is 11.9. The maximum Gasteiger partial charge on any atom is 0.223 e. The number of pyridine rings is 1. The number of rotatable bonds is 9. The summed E-state index contributed by atoms with van der Waals surface area (Å²) in [6.07, 6.45) is 6.10. The van der Waals surface area contributed by atoms with Crippen LogP contribution in [0.5, 0.6) is 0 Å². The van der Waals surface area contributed by atoms with E-state index in [0.29, 0.717) is 31.2 Å². The topological polar surface area (TPSA) is 82.6 Å². The molecule has 1 fully saturated rings. The maximum absolute atomic E-state index is 13.1. The molecular formula is C25H40N4O3S. The Balaban J connectivity index is 1.58. The van der Waals surface area contributed by atoms with Gasteiger partial charge in [-0.05, 0) is 55.6 Å². The van der Waals surface area contributed by atoms with Crippen LogP contribution < -0.4 is 9.62 Å². The Kier molecular flexibility index (Phi) is 8.93. The van der Waals surface area contributed by atoms with Crippen molar-refractivity contribution in [2.24, 2.45) is 23.7 Å². The second-order valence-electron chi connectivity index (χ2n) is 9.84. The minimum absolute atomic E-state index is 0.166. The molecule has 2 aliphatic rings. The van der Waals surface area contributed by atoms with Crippen LogP contribution in [0.25, 0.3) is 0 Å². The van der Waals surface area contributed by atoms with Crippen molar-refractivity contribution in [1.29, 1.82) is 0 Å². The third-order valence-electron chi connectivity index (χ3n) is 7.12. The normalized spacial score (nSPS) is 24.2. The van der Waals surface area contributed by atoms with Crippen LogP contribution in [0.1, 0.15) is 47.0 Å². The van der Waals surface area contributed by atoms with E-state index in [-0.39, 0.29) is 23.5 Å². The Morgan fingerprint density at radius 1 is 1.21 bits per heavy atom. The van der Waals surface area contributed by atoms with Gasteiger partial charge in [-0.3, -0.25) is 4.79 Å². The highest BCUT2D eigenvalue weighted by Crippen LogP contribution is 2.39. The van der Waals surface area contributed by atoms with Gasteiger partial charge in [0, 0.05) is 45.3 Å². The molecule has 1 aliphatic heterocycles. The van der Waals surface area contributed by atoms with Crippen LogP contribution in [-0.4, -0.2) is 62.7 Å². The van der Waals surface area contributed by atoms with Crippen molar-refractivity contribution in [2.45, 2.75) is 47.0 Å². The first kappa shape index (κ1) is 25.7. The van der Waals surface area contributed by atoms with Crippen LogP contribution in [0.2, 0.25) is 0 Å². The van der Waals surface area contributed by atoms with Gasteiger partial charge in [0.15, 0.2) is 0 Å². The van der Waals surface area contributed by atoms with Crippen molar-refractivity contribution < 1.29 is 13.2 Å². The molecule has 1 aromatic heterocycles.